The normalized spacial score (nSPS) is 16.8. The van der Waals surface area contributed by atoms with Crippen LogP contribution in [-0.2, 0) is 13.9 Å². The van der Waals surface area contributed by atoms with E-state index in [-0.39, 0.29) is 29.6 Å². The van der Waals surface area contributed by atoms with Crippen LogP contribution in [0.3, 0.4) is 0 Å². The Bertz CT molecular complexity index is 279. The molecule has 1 radical (unpaired) electrons. The minimum Gasteiger partial charge on any atom is -0.394 e. The molecule has 0 unspecified atom stereocenters. The molecule has 0 aliphatic carbocycles. The molecule has 0 aromatic heterocycles. The summed E-state index contributed by atoms with van der Waals surface area (Å²) in [6, 6.07) is 0. The summed E-state index contributed by atoms with van der Waals surface area (Å²) >= 11 is 0. The van der Waals surface area contributed by atoms with E-state index in [1.807, 2.05) is 0 Å². The third kappa shape index (κ3) is 8.36. The van der Waals surface area contributed by atoms with Gasteiger partial charge >= 0.3 is 7.82 Å². The van der Waals surface area contributed by atoms with Gasteiger partial charge in [-0.05, 0) is 0 Å². The second-order valence-electron chi connectivity index (χ2n) is 2.92. The number of carbonyl (C=O) groups is 1. The third-order valence-electron chi connectivity index (χ3n) is 1.61. The number of ketones is 1. The van der Waals surface area contributed by atoms with Crippen molar-refractivity contribution >= 4 is 43.2 Å². The van der Waals surface area contributed by atoms with Gasteiger partial charge in [0.2, 0.25) is 0 Å². The van der Waals surface area contributed by atoms with E-state index in [4.69, 9.17) is 30.2 Å². The molecule has 0 heterocycles. The average molecular weight is 283 g/mol. The van der Waals surface area contributed by atoms with E-state index in [9.17, 15) is 9.36 Å². The summed E-state index contributed by atoms with van der Waals surface area (Å²) in [5, 5.41) is 35.4. The van der Waals surface area contributed by atoms with E-state index in [2.05, 4.69) is 4.52 Å². The second kappa shape index (κ2) is 8.68. The number of phosphoric acid groups is 1. The van der Waals surface area contributed by atoms with E-state index in [0.29, 0.717) is 0 Å². The second-order valence-corrected chi connectivity index (χ2v) is 4.16. The maximum Gasteiger partial charge on any atom is 0.470 e. The van der Waals surface area contributed by atoms with Crippen LogP contribution in [0.1, 0.15) is 0 Å². The fourth-order valence-corrected chi connectivity index (χ4v) is 1.04. The number of hydrogen-bond acceptors (Lipinski definition) is 7. The molecule has 0 aliphatic rings. The Kier molecular flexibility index (Phi) is 10.2. The number of carbonyl (C=O) groups excluding carboxylic acids is 1. The van der Waals surface area contributed by atoms with Gasteiger partial charge in [-0.25, -0.2) is 4.57 Å². The largest absolute Gasteiger partial charge is 0.470 e. The fraction of sp³-hybridized carbons (Fsp3) is 0.833. The van der Waals surface area contributed by atoms with Crippen LogP contribution < -0.4 is 0 Å². The molecular formula is C6H13NaO9P. The van der Waals surface area contributed by atoms with Crippen LogP contribution in [0.25, 0.3) is 0 Å². The molecule has 0 saturated heterocycles. The first kappa shape index (κ1) is 19.9. The van der Waals surface area contributed by atoms with E-state index < -0.39 is 45.1 Å². The van der Waals surface area contributed by atoms with Crippen molar-refractivity contribution in [3.63, 3.8) is 0 Å². The van der Waals surface area contributed by atoms with Gasteiger partial charge < -0.3 is 30.2 Å². The molecule has 0 rings (SSSR count). The Balaban J connectivity index is 0. The van der Waals surface area contributed by atoms with Crippen molar-refractivity contribution in [1.82, 2.24) is 0 Å². The molecule has 0 amide bonds. The summed E-state index contributed by atoms with van der Waals surface area (Å²) in [7, 11) is -4.85. The quantitative estimate of drug-likeness (QED) is 0.204. The van der Waals surface area contributed by atoms with Crippen molar-refractivity contribution in [2.75, 3.05) is 13.2 Å². The molecule has 11 heteroatoms. The number of aliphatic hydroxyl groups excluding tert-OH is 4. The van der Waals surface area contributed by atoms with Gasteiger partial charge in [-0.15, -0.1) is 0 Å². The summed E-state index contributed by atoms with van der Waals surface area (Å²) in [5.74, 6) is -1.23. The van der Waals surface area contributed by atoms with Gasteiger partial charge in [0, 0.05) is 29.6 Å². The van der Waals surface area contributed by atoms with Crippen molar-refractivity contribution in [2.24, 2.45) is 0 Å². The van der Waals surface area contributed by atoms with Gasteiger partial charge in [-0.2, -0.15) is 0 Å². The van der Waals surface area contributed by atoms with Gasteiger partial charge in [0.1, 0.15) is 24.9 Å². The molecule has 97 valence electrons. The molecule has 3 atom stereocenters. The van der Waals surface area contributed by atoms with Crippen molar-refractivity contribution in [3.05, 3.63) is 0 Å². The first-order chi connectivity index (χ1) is 7.19. The zero-order valence-electron chi connectivity index (χ0n) is 9.00. The van der Waals surface area contributed by atoms with Crippen molar-refractivity contribution in [2.45, 2.75) is 18.3 Å². The van der Waals surface area contributed by atoms with Crippen molar-refractivity contribution < 1.29 is 44.1 Å². The van der Waals surface area contributed by atoms with Gasteiger partial charge in [-0.1, -0.05) is 0 Å². The molecule has 0 spiro atoms. The van der Waals surface area contributed by atoms with E-state index in [0.717, 1.165) is 0 Å². The molecule has 0 bridgehead atoms. The molecule has 0 aromatic carbocycles. The smallest absolute Gasteiger partial charge is 0.394 e. The fourth-order valence-electron chi connectivity index (χ4n) is 0.742. The first-order valence-corrected chi connectivity index (χ1v) is 5.60. The van der Waals surface area contributed by atoms with Gasteiger partial charge in [0.05, 0.1) is 6.61 Å². The number of Topliss-reactive ketones (excluding diaryl/α,β-unsaturated/α-hetero) is 1. The van der Waals surface area contributed by atoms with Crippen LogP contribution in [0.2, 0.25) is 0 Å². The zero-order chi connectivity index (χ0) is 12.9. The summed E-state index contributed by atoms with van der Waals surface area (Å²) in [4.78, 5) is 27.5. The maximum atomic E-state index is 11.0. The Morgan fingerprint density at radius 1 is 1.24 bits per heavy atom. The number of phosphoric ester groups is 1. The summed E-state index contributed by atoms with van der Waals surface area (Å²) < 4.78 is 14.0. The Hall–Kier alpha value is 0.620. The summed E-state index contributed by atoms with van der Waals surface area (Å²) in [6.07, 6.45) is -5.81. The Morgan fingerprint density at radius 2 is 1.71 bits per heavy atom. The van der Waals surface area contributed by atoms with Gasteiger partial charge in [0.25, 0.3) is 0 Å². The summed E-state index contributed by atoms with van der Waals surface area (Å²) in [6.45, 7) is -2.01. The van der Waals surface area contributed by atoms with E-state index in [1.54, 1.807) is 0 Å². The predicted octanol–water partition coefficient (Wildman–Crippen LogP) is -3.64. The first-order valence-electron chi connectivity index (χ1n) is 4.07. The molecular weight excluding hydrogens is 270 g/mol. The average Bonchev–Trinajstić information content (AvgIpc) is 2.21. The molecule has 0 fully saturated rings. The molecule has 0 aliphatic heterocycles. The molecule has 0 aromatic rings. The van der Waals surface area contributed by atoms with Gasteiger partial charge in [-0.3, -0.25) is 9.32 Å². The summed E-state index contributed by atoms with van der Waals surface area (Å²) in [5.41, 5.74) is 0. The number of hydrogen-bond donors (Lipinski definition) is 6. The van der Waals surface area contributed by atoms with Crippen molar-refractivity contribution in [1.29, 1.82) is 0 Å². The van der Waals surface area contributed by atoms with Crippen LogP contribution in [0.5, 0.6) is 0 Å². The van der Waals surface area contributed by atoms with Gasteiger partial charge in [0.15, 0.2) is 5.78 Å². The topological polar surface area (TPSA) is 165 Å². The van der Waals surface area contributed by atoms with Crippen LogP contribution in [0.4, 0.5) is 0 Å². The standard InChI is InChI=1S/C6H13O9P.Na/c7-1-3(8)5(10)6(11)4(9)2-15-16(12,13)14;/h3,5-8,10-11H,1-2H2,(H2,12,13,14);/t3-,5-,6-;/m1./s1. The Labute approximate surface area is 119 Å². The number of rotatable bonds is 7. The SMILES string of the molecule is O=C(COP(=O)(O)O)[C@@H](O)[C@H](O)[C@H](O)CO.[Na]. The minimum atomic E-state index is -4.85. The minimum absolute atomic E-state index is 0. The van der Waals surface area contributed by atoms with Crippen LogP contribution in [0, 0.1) is 0 Å². The van der Waals surface area contributed by atoms with Crippen LogP contribution in [-0.4, -0.2) is 97.1 Å². The third-order valence-corrected chi connectivity index (χ3v) is 2.08. The molecule has 0 saturated carbocycles. The molecule has 9 nitrogen and oxygen atoms in total. The van der Waals surface area contributed by atoms with Crippen LogP contribution >= 0.6 is 7.82 Å². The zero-order valence-corrected chi connectivity index (χ0v) is 11.9. The van der Waals surface area contributed by atoms with Crippen LogP contribution in [0.15, 0.2) is 0 Å². The maximum absolute atomic E-state index is 11.0. The van der Waals surface area contributed by atoms with E-state index >= 15 is 0 Å². The monoisotopic (exact) mass is 283 g/mol. The number of aliphatic hydroxyl groups is 4. The molecule has 17 heavy (non-hydrogen) atoms. The van der Waals surface area contributed by atoms with E-state index in [1.165, 1.54) is 0 Å². The van der Waals surface area contributed by atoms with Crippen molar-refractivity contribution in [3.8, 4) is 0 Å². The predicted molar refractivity (Wildman–Crippen MR) is 53.9 cm³/mol. The Morgan fingerprint density at radius 3 is 2.06 bits per heavy atom. The molecule has 6 N–H and O–H groups in total.